The number of imidazole rings is 1. The van der Waals surface area contributed by atoms with Crippen LogP contribution in [0.5, 0.6) is 5.88 Å². The zero-order valence-corrected chi connectivity index (χ0v) is 9.48. The lowest BCUT2D eigenvalue weighted by atomic mass is 10.2. The number of amidine groups is 1. The number of hydrogen-bond donors (Lipinski definition) is 1. The number of nitrogens with one attached hydrogen (secondary N) is 1. The smallest absolute Gasteiger partial charge is 0.240 e. The number of fused-ring (bicyclic) bond motifs is 2. The van der Waals surface area contributed by atoms with Crippen LogP contribution in [0.25, 0.3) is 11.5 Å². The Morgan fingerprint density at radius 3 is 3.21 bits per heavy atom. The molecule has 0 saturated carbocycles. The molecule has 0 bridgehead atoms. The van der Waals surface area contributed by atoms with E-state index in [1.807, 2.05) is 0 Å². The standard InChI is InChI=1S/C10H6N8O/c1-5-9(13-3-11-5)17-15-7(1)19-8-2-6-10(18-16-8)14-4-12-6/h1,3-4H,2H2,(H,11,13,17). The van der Waals surface area contributed by atoms with Crippen LogP contribution in [-0.4, -0.2) is 43.9 Å². The van der Waals surface area contributed by atoms with E-state index in [2.05, 4.69) is 40.4 Å². The molecule has 0 atom stereocenters. The fraction of sp³-hybridized carbons (Fsp3) is 0.100. The van der Waals surface area contributed by atoms with Crippen LogP contribution in [0.15, 0.2) is 32.6 Å². The van der Waals surface area contributed by atoms with Crippen molar-refractivity contribution in [2.45, 2.75) is 6.42 Å². The molecule has 4 aliphatic heterocycles. The predicted molar refractivity (Wildman–Crippen MR) is 66.8 cm³/mol. The lowest BCUT2D eigenvalue weighted by Gasteiger charge is -2.10. The van der Waals surface area contributed by atoms with Gasteiger partial charge in [0.1, 0.15) is 18.4 Å². The Kier molecular flexibility index (Phi) is 1.98. The molecule has 4 rings (SSSR count). The molecule has 0 aromatic carbocycles. The first-order valence-electron chi connectivity index (χ1n) is 5.46. The maximum Gasteiger partial charge on any atom is 0.240 e. The third-order valence-corrected chi connectivity index (χ3v) is 2.61. The van der Waals surface area contributed by atoms with Crippen LogP contribution in [0.4, 0.5) is 0 Å². The van der Waals surface area contributed by atoms with Crippen molar-refractivity contribution in [2.24, 2.45) is 20.2 Å². The minimum absolute atomic E-state index is 0.352. The summed E-state index contributed by atoms with van der Waals surface area (Å²) in [6.45, 7) is 0. The Labute approximate surface area is 106 Å². The van der Waals surface area contributed by atoms with Crippen LogP contribution < -0.4 is 4.74 Å². The van der Waals surface area contributed by atoms with Gasteiger partial charge in [-0.25, -0.2) is 20.0 Å². The van der Waals surface area contributed by atoms with E-state index in [9.17, 15) is 0 Å². The van der Waals surface area contributed by atoms with Gasteiger partial charge < -0.3 is 4.74 Å². The molecule has 9 nitrogen and oxygen atoms in total. The highest BCUT2D eigenvalue weighted by Crippen LogP contribution is 2.18. The van der Waals surface area contributed by atoms with Crippen molar-refractivity contribution >= 4 is 23.8 Å². The fourth-order valence-electron chi connectivity index (χ4n) is 1.73. The Bertz CT molecular complexity index is 740. The summed E-state index contributed by atoms with van der Waals surface area (Å²) in [5.74, 6) is 1.90. The molecule has 0 radical (unpaired) electrons. The predicted octanol–water partition coefficient (Wildman–Crippen LogP) is 0.282. The van der Waals surface area contributed by atoms with Crippen LogP contribution in [-0.2, 0) is 0 Å². The molecule has 0 spiro atoms. The van der Waals surface area contributed by atoms with Crippen LogP contribution in [0.3, 0.4) is 0 Å². The molecule has 19 heavy (non-hydrogen) atoms. The summed E-state index contributed by atoms with van der Waals surface area (Å²) < 4.78 is 5.54. The SMILES string of the molecule is C1=NC2=NN=C(Oc3cc4ncnc-4[nH]n3)CC2=N1. The van der Waals surface area contributed by atoms with E-state index in [1.165, 1.54) is 12.7 Å². The minimum atomic E-state index is 0.352. The van der Waals surface area contributed by atoms with Crippen LogP contribution in [0.1, 0.15) is 6.42 Å². The van der Waals surface area contributed by atoms with Crippen LogP contribution >= 0.6 is 0 Å². The van der Waals surface area contributed by atoms with Crippen molar-refractivity contribution in [2.75, 3.05) is 0 Å². The first-order valence-corrected chi connectivity index (χ1v) is 5.46. The summed E-state index contributed by atoms with van der Waals surface area (Å²) in [5.41, 5.74) is 1.41. The normalized spacial score (nSPS) is 16.9. The van der Waals surface area contributed by atoms with Gasteiger partial charge in [-0.05, 0) is 0 Å². The van der Waals surface area contributed by atoms with Gasteiger partial charge in [0, 0.05) is 6.07 Å². The van der Waals surface area contributed by atoms with Gasteiger partial charge in [0.2, 0.25) is 11.8 Å². The summed E-state index contributed by atoms with van der Waals surface area (Å²) in [7, 11) is 0. The molecule has 0 amide bonds. The second-order valence-corrected chi connectivity index (χ2v) is 3.83. The van der Waals surface area contributed by atoms with Crippen molar-refractivity contribution in [3.05, 3.63) is 12.4 Å². The van der Waals surface area contributed by atoms with E-state index < -0.39 is 0 Å². The number of hydrogen-bond acceptors (Lipinski definition) is 8. The van der Waals surface area contributed by atoms with Crippen LogP contribution in [0, 0.1) is 0 Å². The molecule has 0 aliphatic carbocycles. The van der Waals surface area contributed by atoms with Crippen molar-refractivity contribution in [1.82, 2.24) is 20.2 Å². The number of aliphatic imine (C=N–C) groups is 2. The van der Waals surface area contributed by atoms with Gasteiger partial charge in [0.05, 0.1) is 12.1 Å². The van der Waals surface area contributed by atoms with E-state index in [0.29, 0.717) is 35.6 Å². The molecule has 4 heterocycles. The van der Waals surface area contributed by atoms with E-state index in [4.69, 9.17) is 4.74 Å². The van der Waals surface area contributed by atoms with Gasteiger partial charge in [0.25, 0.3) is 0 Å². The first-order chi connectivity index (χ1) is 9.38. The maximum absolute atomic E-state index is 5.54. The Morgan fingerprint density at radius 2 is 2.21 bits per heavy atom. The molecule has 9 heteroatoms. The molecule has 0 aromatic heterocycles. The van der Waals surface area contributed by atoms with E-state index in [-0.39, 0.29) is 0 Å². The van der Waals surface area contributed by atoms with Gasteiger partial charge in [-0.3, -0.25) is 5.10 Å². The van der Waals surface area contributed by atoms with Crippen molar-refractivity contribution in [1.29, 1.82) is 0 Å². The Hall–Kier alpha value is -2.97. The first kappa shape index (κ1) is 10.00. The number of rotatable bonds is 1. The summed E-state index contributed by atoms with van der Waals surface area (Å²) in [5, 5.41) is 14.6. The second kappa shape index (κ2) is 3.77. The summed E-state index contributed by atoms with van der Waals surface area (Å²) in [6, 6.07) is 1.67. The monoisotopic (exact) mass is 254 g/mol. The molecule has 4 aliphatic rings. The minimum Gasteiger partial charge on any atom is -0.421 e. The average Bonchev–Trinajstić information content (AvgIpc) is 3.05. The van der Waals surface area contributed by atoms with Gasteiger partial charge in [0.15, 0.2) is 11.7 Å². The molecule has 0 aromatic rings. The lowest BCUT2D eigenvalue weighted by molar-refractivity contribution is 0.506. The zero-order chi connectivity index (χ0) is 12.7. The van der Waals surface area contributed by atoms with E-state index in [1.54, 1.807) is 6.07 Å². The van der Waals surface area contributed by atoms with Crippen LogP contribution in [0.2, 0.25) is 0 Å². The second-order valence-electron chi connectivity index (χ2n) is 3.83. The quantitative estimate of drug-likeness (QED) is 0.787. The highest BCUT2D eigenvalue weighted by Gasteiger charge is 2.21. The van der Waals surface area contributed by atoms with Gasteiger partial charge in [-0.1, -0.05) is 0 Å². The van der Waals surface area contributed by atoms with Gasteiger partial charge in [-0.15, -0.1) is 15.3 Å². The lowest BCUT2D eigenvalue weighted by Crippen LogP contribution is -2.22. The van der Waals surface area contributed by atoms with E-state index >= 15 is 0 Å². The number of ether oxygens (including phenoxy) is 1. The maximum atomic E-state index is 5.54. The highest BCUT2D eigenvalue weighted by atomic mass is 16.5. The Balaban J connectivity index is 1.61. The third-order valence-electron chi connectivity index (χ3n) is 2.61. The van der Waals surface area contributed by atoms with Gasteiger partial charge in [-0.2, -0.15) is 0 Å². The average molecular weight is 254 g/mol. The van der Waals surface area contributed by atoms with Crippen molar-refractivity contribution in [3.8, 4) is 17.4 Å². The van der Waals surface area contributed by atoms with Crippen molar-refractivity contribution < 1.29 is 4.74 Å². The van der Waals surface area contributed by atoms with Gasteiger partial charge >= 0.3 is 0 Å². The zero-order valence-electron chi connectivity index (χ0n) is 9.48. The Morgan fingerprint density at radius 1 is 1.21 bits per heavy atom. The summed E-state index contributed by atoms with van der Waals surface area (Å²) in [6.07, 6.45) is 3.33. The number of H-pyrrole nitrogens is 1. The molecule has 92 valence electrons. The molecule has 1 N–H and O–H groups in total. The molecule has 0 fully saturated rings. The number of aromatic amines is 1. The summed E-state index contributed by atoms with van der Waals surface area (Å²) >= 11 is 0. The third kappa shape index (κ3) is 1.68. The number of nitrogens with zero attached hydrogens (tertiary/aromatic N) is 7. The largest absolute Gasteiger partial charge is 0.421 e. The van der Waals surface area contributed by atoms with Crippen molar-refractivity contribution in [3.63, 3.8) is 0 Å². The number of aromatic nitrogens is 4. The topological polar surface area (TPSA) is 113 Å². The van der Waals surface area contributed by atoms with E-state index in [0.717, 1.165) is 5.71 Å². The molecular formula is C10H6N8O. The molecule has 0 saturated heterocycles. The summed E-state index contributed by atoms with van der Waals surface area (Å²) in [4.78, 5) is 16.1. The molecule has 0 unspecified atom stereocenters. The highest BCUT2D eigenvalue weighted by molar-refractivity contribution is 6.49. The molecular weight excluding hydrogens is 248 g/mol. The fourth-order valence-corrected chi connectivity index (χ4v) is 1.73.